The van der Waals surface area contributed by atoms with Crippen molar-refractivity contribution in [1.82, 2.24) is 15.0 Å². The fourth-order valence-corrected chi connectivity index (χ4v) is 3.31. The Labute approximate surface area is 182 Å². The number of pyridine rings is 3. The second-order valence-electron chi connectivity index (χ2n) is 5.68. The van der Waals surface area contributed by atoms with E-state index in [-0.39, 0.29) is 38.8 Å². The first-order valence-corrected chi connectivity index (χ1v) is 8.97. The van der Waals surface area contributed by atoms with Crippen molar-refractivity contribution in [2.45, 2.75) is 0 Å². The molecule has 0 fully saturated rings. The number of carboxylic acid groups (broad SMARTS) is 3. The van der Waals surface area contributed by atoms with Crippen LogP contribution in [0.1, 0.15) is 31.1 Å². The quantitative estimate of drug-likeness (QED) is 0.466. The van der Waals surface area contributed by atoms with Crippen molar-refractivity contribution in [1.29, 1.82) is 0 Å². The summed E-state index contributed by atoms with van der Waals surface area (Å²) in [6, 6.07) is 3.45. The van der Waals surface area contributed by atoms with Crippen LogP contribution in [0.4, 0.5) is 0 Å². The van der Waals surface area contributed by atoms with Crippen LogP contribution in [-0.2, 0) is 0 Å². The summed E-state index contributed by atoms with van der Waals surface area (Å²) in [5, 5.41) is 27.1. The zero-order chi connectivity index (χ0) is 22.2. The lowest BCUT2D eigenvalue weighted by atomic mass is 9.98. The molecule has 152 valence electrons. The molecule has 0 aliphatic rings. The van der Waals surface area contributed by atoms with Crippen LogP contribution < -0.4 is 0 Å². The van der Waals surface area contributed by atoms with Gasteiger partial charge in [0.1, 0.15) is 16.5 Å². The standard InChI is InChI=1S/C18H8Cl3N3O6/c19-11-7(17(27)28)2-4-23-14(11)13-9(8-5-6(16(25)26)1-3-22-8)10(18(29)30)12(20)15(21)24-13/h1-5H,(H,25,26)(H,27,28)(H,29,30). The zero-order valence-corrected chi connectivity index (χ0v) is 16.7. The van der Waals surface area contributed by atoms with Gasteiger partial charge in [-0.2, -0.15) is 0 Å². The molecule has 0 amide bonds. The lowest BCUT2D eigenvalue weighted by molar-refractivity contribution is 0.0686. The molecule has 9 nitrogen and oxygen atoms in total. The number of rotatable bonds is 5. The number of carboxylic acids is 3. The molecule has 0 aromatic carbocycles. The van der Waals surface area contributed by atoms with Crippen LogP contribution >= 0.6 is 34.8 Å². The molecule has 0 aliphatic heterocycles. The van der Waals surface area contributed by atoms with E-state index < -0.39 is 33.6 Å². The maximum Gasteiger partial charge on any atom is 0.338 e. The molecule has 3 aromatic heterocycles. The van der Waals surface area contributed by atoms with E-state index in [0.29, 0.717) is 0 Å². The van der Waals surface area contributed by atoms with Gasteiger partial charge in [-0.25, -0.2) is 19.4 Å². The summed E-state index contributed by atoms with van der Waals surface area (Å²) in [6.45, 7) is 0. The van der Waals surface area contributed by atoms with Gasteiger partial charge in [0, 0.05) is 18.0 Å². The van der Waals surface area contributed by atoms with Crippen LogP contribution in [0, 0.1) is 0 Å². The molecule has 0 saturated heterocycles. The largest absolute Gasteiger partial charge is 0.478 e. The second-order valence-corrected chi connectivity index (χ2v) is 6.80. The van der Waals surface area contributed by atoms with E-state index in [9.17, 15) is 29.7 Å². The highest BCUT2D eigenvalue weighted by atomic mass is 35.5. The maximum absolute atomic E-state index is 12.0. The van der Waals surface area contributed by atoms with E-state index in [1.54, 1.807) is 0 Å². The van der Waals surface area contributed by atoms with Gasteiger partial charge in [-0.1, -0.05) is 34.8 Å². The monoisotopic (exact) mass is 467 g/mol. The summed E-state index contributed by atoms with van der Waals surface area (Å²) in [5.41, 5.74) is -1.80. The molecule has 12 heteroatoms. The lowest BCUT2D eigenvalue weighted by Crippen LogP contribution is -2.08. The van der Waals surface area contributed by atoms with Crippen molar-refractivity contribution in [2.75, 3.05) is 0 Å². The van der Waals surface area contributed by atoms with Crippen molar-refractivity contribution in [2.24, 2.45) is 0 Å². The van der Waals surface area contributed by atoms with E-state index in [0.717, 1.165) is 24.5 Å². The number of carbonyl (C=O) groups is 3. The Morgan fingerprint density at radius 2 is 1.47 bits per heavy atom. The zero-order valence-electron chi connectivity index (χ0n) is 14.4. The fourth-order valence-electron chi connectivity index (χ4n) is 2.63. The first kappa shape index (κ1) is 21.4. The van der Waals surface area contributed by atoms with Gasteiger partial charge in [0.25, 0.3) is 0 Å². The first-order valence-electron chi connectivity index (χ1n) is 7.83. The molecule has 0 unspecified atom stereocenters. The van der Waals surface area contributed by atoms with Gasteiger partial charge >= 0.3 is 17.9 Å². The SMILES string of the molecule is O=C(O)c1ccnc(-c2c(-c3nccc(C(=O)O)c3Cl)nc(Cl)c(Cl)c2C(=O)O)c1. The van der Waals surface area contributed by atoms with E-state index in [2.05, 4.69) is 15.0 Å². The summed E-state index contributed by atoms with van der Waals surface area (Å²) >= 11 is 18.2. The predicted molar refractivity (Wildman–Crippen MR) is 107 cm³/mol. The Morgan fingerprint density at radius 3 is 2.07 bits per heavy atom. The Hall–Kier alpha value is -3.27. The summed E-state index contributed by atoms with van der Waals surface area (Å²) in [5.74, 6) is -4.14. The first-order chi connectivity index (χ1) is 14.1. The number of hydrogen-bond acceptors (Lipinski definition) is 6. The number of halogens is 3. The Bertz CT molecular complexity index is 1230. The Kier molecular flexibility index (Phi) is 5.88. The molecular formula is C18H8Cl3N3O6. The normalized spacial score (nSPS) is 10.6. The molecule has 3 aromatic rings. The van der Waals surface area contributed by atoms with Gasteiger partial charge in [-0.15, -0.1) is 0 Å². The third-order valence-electron chi connectivity index (χ3n) is 3.92. The van der Waals surface area contributed by atoms with Crippen molar-refractivity contribution >= 4 is 52.7 Å². The van der Waals surface area contributed by atoms with E-state index in [4.69, 9.17) is 34.8 Å². The topological polar surface area (TPSA) is 151 Å². The van der Waals surface area contributed by atoms with Gasteiger partial charge < -0.3 is 15.3 Å². The van der Waals surface area contributed by atoms with Crippen LogP contribution in [0.5, 0.6) is 0 Å². The Balaban J connectivity index is 2.48. The number of aromatic carboxylic acids is 3. The number of nitrogens with zero attached hydrogens (tertiary/aromatic N) is 3. The van der Waals surface area contributed by atoms with Gasteiger partial charge in [0.05, 0.1) is 32.4 Å². The van der Waals surface area contributed by atoms with Crippen LogP contribution in [0.2, 0.25) is 15.2 Å². The average molecular weight is 469 g/mol. The van der Waals surface area contributed by atoms with E-state index >= 15 is 0 Å². The Morgan fingerprint density at radius 1 is 0.800 bits per heavy atom. The third-order valence-corrected chi connectivity index (χ3v) is 5.04. The fraction of sp³-hybridized carbons (Fsp3) is 0. The van der Waals surface area contributed by atoms with Crippen LogP contribution in [0.3, 0.4) is 0 Å². The number of aromatic nitrogens is 3. The van der Waals surface area contributed by atoms with Gasteiger partial charge in [0.2, 0.25) is 0 Å². The summed E-state index contributed by atoms with van der Waals surface area (Å²) in [4.78, 5) is 46.8. The summed E-state index contributed by atoms with van der Waals surface area (Å²) in [6.07, 6.45) is 2.29. The highest BCUT2D eigenvalue weighted by molar-refractivity contribution is 6.44. The van der Waals surface area contributed by atoms with Crippen molar-refractivity contribution < 1.29 is 29.7 Å². The van der Waals surface area contributed by atoms with Gasteiger partial charge in [0.15, 0.2) is 0 Å². The molecule has 3 heterocycles. The van der Waals surface area contributed by atoms with Crippen LogP contribution in [-0.4, -0.2) is 48.2 Å². The minimum absolute atomic E-state index is 0.119. The molecule has 0 aliphatic carbocycles. The molecule has 0 saturated carbocycles. The lowest BCUT2D eigenvalue weighted by Gasteiger charge is -2.15. The molecule has 0 atom stereocenters. The minimum atomic E-state index is -1.51. The van der Waals surface area contributed by atoms with Gasteiger partial charge in [-0.3, -0.25) is 9.97 Å². The highest BCUT2D eigenvalue weighted by Gasteiger charge is 2.28. The molecule has 3 N–H and O–H groups in total. The summed E-state index contributed by atoms with van der Waals surface area (Å²) in [7, 11) is 0. The van der Waals surface area contributed by atoms with Gasteiger partial charge in [-0.05, 0) is 18.2 Å². The smallest absolute Gasteiger partial charge is 0.338 e. The molecule has 0 radical (unpaired) electrons. The average Bonchev–Trinajstić information content (AvgIpc) is 2.69. The van der Waals surface area contributed by atoms with Crippen molar-refractivity contribution in [3.05, 3.63) is 62.5 Å². The summed E-state index contributed by atoms with van der Waals surface area (Å²) < 4.78 is 0. The minimum Gasteiger partial charge on any atom is -0.478 e. The van der Waals surface area contributed by atoms with Crippen LogP contribution in [0.25, 0.3) is 22.6 Å². The second kappa shape index (κ2) is 8.23. The highest BCUT2D eigenvalue weighted by Crippen LogP contribution is 2.41. The van der Waals surface area contributed by atoms with Crippen LogP contribution in [0.15, 0.2) is 30.6 Å². The maximum atomic E-state index is 12.0. The molecular weight excluding hydrogens is 461 g/mol. The van der Waals surface area contributed by atoms with Crippen molar-refractivity contribution in [3.63, 3.8) is 0 Å². The van der Waals surface area contributed by atoms with Crippen molar-refractivity contribution in [3.8, 4) is 22.6 Å². The van der Waals surface area contributed by atoms with E-state index in [1.807, 2.05) is 0 Å². The molecule has 3 rings (SSSR count). The van der Waals surface area contributed by atoms with E-state index in [1.165, 1.54) is 6.07 Å². The molecule has 0 spiro atoms. The number of hydrogen-bond donors (Lipinski definition) is 3. The molecule has 30 heavy (non-hydrogen) atoms. The predicted octanol–water partition coefficient (Wildman–Crippen LogP) is 4.26. The molecule has 0 bridgehead atoms. The third kappa shape index (κ3) is 3.78.